The van der Waals surface area contributed by atoms with Gasteiger partial charge in [0.2, 0.25) is 0 Å². The minimum absolute atomic E-state index is 0.102. The third-order valence-corrected chi connectivity index (χ3v) is 1.95. The summed E-state index contributed by atoms with van der Waals surface area (Å²) >= 11 is 0. The summed E-state index contributed by atoms with van der Waals surface area (Å²) in [5.74, 6) is -1.37. The lowest BCUT2D eigenvalue weighted by molar-refractivity contribution is -0.422. The molecule has 16 heavy (non-hydrogen) atoms. The lowest BCUT2D eigenvalue weighted by Crippen LogP contribution is -2.04. The van der Waals surface area contributed by atoms with Crippen molar-refractivity contribution in [1.82, 2.24) is 0 Å². The second-order valence-electron chi connectivity index (χ2n) is 2.98. The standard InChI is InChI=1S/C8H6N2O6/c1-4-2-6(9(13)14)7(10(15)16)3-5(4)8(11)12/h2-3H,1H3,(H,11,12). The van der Waals surface area contributed by atoms with Gasteiger partial charge < -0.3 is 5.11 Å². The summed E-state index contributed by atoms with van der Waals surface area (Å²) in [6, 6.07) is 1.57. The van der Waals surface area contributed by atoms with Crippen LogP contribution in [0.15, 0.2) is 12.1 Å². The number of benzene rings is 1. The van der Waals surface area contributed by atoms with Crippen molar-refractivity contribution in [2.75, 3.05) is 0 Å². The van der Waals surface area contributed by atoms with Gasteiger partial charge in [0.1, 0.15) is 0 Å². The molecule has 0 radical (unpaired) electrons. The smallest absolute Gasteiger partial charge is 0.346 e. The second-order valence-corrected chi connectivity index (χ2v) is 2.98. The van der Waals surface area contributed by atoms with Gasteiger partial charge in [-0.15, -0.1) is 0 Å². The molecule has 84 valence electrons. The monoisotopic (exact) mass is 226 g/mol. The van der Waals surface area contributed by atoms with E-state index in [2.05, 4.69) is 0 Å². The third-order valence-electron chi connectivity index (χ3n) is 1.95. The van der Waals surface area contributed by atoms with E-state index in [1.165, 1.54) is 6.92 Å². The fourth-order valence-corrected chi connectivity index (χ4v) is 1.20. The van der Waals surface area contributed by atoms with Crippen LogP contribution >= 0.6 is 0 Å². The summed E-state index contributed by atoms with van der Waals surface area (Å²) in [5, 5.41) is 29.7. The van der Waals surface area contributed by atoms with Crippen LogP contribution in [0, 0.1) is 27.2 Å². The van der Waals surface area contributed by atoms with Gasteiger partial charge in [0.15, 0.2) is 0 Å². The molecule has 1 N–H and O–H groups in total. The number of aromatic carboxylic acids is 1. The Hall–Kier alpha value is -2.51. The van der Waals surface area contributed by atoms with E-state index in [1.54, 1.807) is 0 Å². The van der Waals surface area contributed by atoms with Crippen molar-refractivity contribution in [2.45, 2.75) is 6.92 Å². The summed E-state index contributed by atoms with van der Waals surface area (Å²) in [6.07, 6.45) is 0. The van der Waals surface area contributed by atoms with Gasteiger partial charge in [-0.3, -0.25) is 20.2 Å². The minimum Gasteiger partial charge on any atom is -0.478 e. The van der Waals surface area contributed by atoms with E-state index in [0.29, 0.717) is 6.07 Å². The highest BCUT2D eigenvalue weighted by Crippen LogP contribution is 2.29. The molecule has 8 nitrogen and oxygen atoms in total. The highest BCUT2D eigenvalue weighted by Gasteiger charge is 2.27. The number of nitrogens with zero attached hydrogens (tertiary/aromatic N) is 2. The molecule has 1 rings (SSSR count). The van der Waals surface area contributed by atoms with E-state index in [1.807, 2.05) is 0 Å². The fourth-order valence-electron chi connectivity index (χ4n) is 1.20. The van der Waals surface area contributed by atoms with Gasteiger partial charge in [0.05, 0.1) is 15.4 Å². The molecule has 0 fully saturated rings. The zero-order valence-electron chi connectivity index (χ0n) is 8.04. The molecule has 8 heteroatoms. The molecule has 1 aromatic carbocycles. The van der Waals surface area contributed by atoms with E-state index in [-0.39, 0.29) is 11.1 Å². The SMILES string of the molecule is Cc1cc([N+](=O)[O-])c([N+](=O)[O-])cc1C(=O)O. The van der Waals surface area contributed by atoms with Crippen LogP contribution in [-0.2, 0) is 0 Å². The Morgan fingerprint density at radius 3 is 2.00 bits per heavy atom. The van der Waals surface area contributed by atoms with Crippen molar-refractivity contribution < 1.29 is 19.7 Å². The van der Waals surface area contributed by atoms with E-state index < -0.39 is 27.2 Å². The van der Waals surface area contributed by atoms with Gasteiger partial charge in [-0.25, -0.2) is 4.79 Å². The normalized spacial score (nSPS) is 9.81. The number of nitro groups is 2. The van der Waals surface area contributed by atoms with Crippen molar-refractivity contribution in [2.24, 2.45) is 0 Å². The first-order valence-corrected chi connectivity index (χ1v) is 4.01. The molecule has 0 atom stereocenters. The third kappa shape index (κ3) is 1.95. The Morgan fingerprint density at radius 2 is 1.62 bits per heavy atom. The predicted molar refractivity (Wildman–Crippen MR) is 51.4 cm³/mol. The van der Waals surface area contributed by atoms with Crippen molar-refractivity contribution in [3.63, 3.8) is 0 Å². The highest BCUT2D eigenvalue weighted by molar-refractivity contribution is 5.91. The van der Waals surface area contributed by atoms with Crippen molar-refractivity contribution >= 4 is 17.3 Å². The Labute approximate surface area is 88.4 Å². The summed E-state index contributed by atoms with van der Waals surface area (Å²) in [6.45, 7) is 1.33. The first kappa shape index (κ1) is 11.6. The molecule has 0 aliphatic rings. The summed E-state index contributed by atoms with van der Waals surface area (Å²) < 4.78 is 0. The summed E-state index contributed by atoms with van der Waals surface area (Å²) in [4.78, 5) is 29.8. The largest absolute Gasteiger partial charge is 0.478 e. The van der Waals surface area contributed by atoms with Crippen molar-refractivity contribution in [3.8, 4) is 0 Å². The van der Waals surface area contributed by atoms with Crippen LogP contribution < -0.4 is 0 Å². The second kappa shape index (κ2) is 3.93. The molecule has 0 heterocycles. The number of carbonyl (C=O) groups is 1. The van der Waals surface area contributed by atoms with Crippen LogP contribution in [0.25, 0.3) is 0 Å². The van der Waals surface area contributed by atoms with Crippen LogP contribution in [0.3, 0.4) is 0 Å². The van der Waals surface area contributed by atoms with Crippen LogP contribution in [-0.4, -0.2) is 20.9 Å². The Bertz CT molecular complexity index is 496. The van der Waals surface area contributed by atoms with Crippen molar-refractivity contribution in [1.29, 1.82) is 0 Å². The lowest BCUT2D eigenvalue weighted by Gasteiger charge is -2.01. The minimum atomic E-state index is -1.37. The van der Waals surface area contributed by atoms with E-state index in [4.69, 9.17) is 5.11 Å². The average molecular weight is 226 g/mol. The van der Waals surface area contributed by atoms with Gasteiger partial charge in [-0.2, -0.15) is 0 Å². The van der Waals surface area contributed by atoms with E-state index >= 15 is 0 Å². The van der Waals surface area contributed by atoms with Gasteiger partial charge in [0.25, 0.3) is 0 Å². The molecular formula is C8H6N2O6. The van der Waals surface area contributed by atoms with E-state index in [0.717, 1.165) is 6.07 Å². The molecule has 0 aliphatic heterocycles. The Kier molecular flexibility index (Phi) is 2.84. The van der Waals surface area contributed by atoms with Crippen LogP contribution in [0.5, 0.6) is 0 Å². The molecule has 0 saturated carbocycles. The summed E-state index contributed by atoms with van der Waals surface area (Å²) in [7, 11) is 0. The number of rotatable bonds is 3. The number of nitro benzene ring substituents is 2. The van der Waals surface area contributed by atoms with E-state index in [9.17, 15) is 25.0 Å². The van der Waals surface area contributed by atoms with Gasteiger partial charge >= 0.3 is 17.3 Å². The summed E-state index contributed by atoms with van der Waals surface area (Å²) in [5.41, 5.74) is -1.76. The van der Waals surface area contributed by atoms with Gasteiger partial charge in [-0.1, -0.05) is 0 Å². The number of hydrogen-bond donors (Lipinski definition) is 1. The van der Waals surface area contributed by atoms with Crippen LogP contribution in [0.2, 0.25) is 0 Å². The predicted octanol–water partition coefficient (Wildman–Crippen LogP) is 1.51. The maximum atomic E-state index is 10.7. The zero-order chi connectivity index (χ0) is 12.5. The first-order chi connectivity index (χ1) is 7.34. The van der Waals surface area contributed by atoms with Crippen LogP contribution in [0.4, 0.5) is 11.4 Å². The number of carboxylic acid groups (broad SMARTS) is 1. The zero-order valence-corrected chi connectivity index (χ0v) is 8.04. The fraction of sp³-hybridized carbons (Fsp3) is 0.125. The maximum absolute atomic E-state index is 10.7. The number of carboxylic acids is 1. The van der Waals surface area contributed by atoms with Gasteiger partial charge in [-0.05, 0) is 12.5 Å². The molecule has 0 aromatic heterocycles. The van der Waals surface area contributed by atoms with Crippen LogP contribution in [0.1, 0.15) is 15.9 Å². The van der Waals surface area contributed by atoms with Gasteiger partial charge in [0, 0.05) is 12.1 Å². The topological polar surface area (TPSA) is 124 Å². The molecule has 0 bridgehead atoms. The Balaban J connectivity index is 3.55. The molecule has 0 aliphatic carbocycles. The highest BCUT2D eigenvalue weighted by atomic mass is 16.6. The number of aryl methyl sites for hydroxylation is 1. The maximum Gasteiger partial charge on any atom is 0.346 e. The molecule has 0 spiro atoms. The molecule has 0 saturated heterocycles. The molecular weight excluding hydrogens is 220 g/mol. The molecule has 0 amide bonds. The Morgan fingerprint density at radius 1 is 1.19 bits per heavy atom. The number of hydrogen-bond acceptors (Lipinski definition) is 5. The quantitative estimate of drug-likeness (QED) is 0.615. The first-order valence-electron chi connectivity index (χ1n) is 4.01. The molecule has 1 aromatic rings. The molecule has 0 unspecified atom stereocenters. The van der Waals surface area contributed by atoms with Crippen molar-refractivity contribution in [3.05, 3.63) is 43.5 Å². The lowest BCUT2D eigenvalue weighted by atomic mass is 10.1. The average Bonchev–Trinajstić information content (AvgIpc) is 2.15.